The highest BCUT2D eigenvalue weighted by Gasteiger charge is 2.24. The van der Waals surface area contributed by atoms with Gasteiger partial charge in [0.15, 0.2) is 0 Å². The van der Waals surface area contributed by atoms with Gasteiger partial charge in [-0.1, -0.05) is 12.1 Å². The highest BCUT2D eigenvalue weighted by atomic mass is 19.1. The number of hydrogen-bond donors (Lipinski definition) is 1. The summed E-state index contributed by atoms with van der Waals surface area (Å²) in [6.07, 6.45) is 0. The first-order valence-electron chi connectivity index (χ1n) is 6.12. The number of carbonyl (C=O) groups excluding carboxylic acids is 2. The van der Waals surface area contributed by atoms with Gasteiger partial charge in [0.05, 0.1) is 12.1 Å². The molecule has 0 aliphatic carbocycles. The van der Waals surface area contributed by atoms with Gasteiger partial charge in [0.2, 0.25) is 5.91 Å². The minimum absolute atomic E-state index is 0.0888. The summed E-state index contributed by atoms with van der Waals surface area (Å²) in [6, 6.07) is 5.95. The van der Waals surface area contributed by atoms with E-state index in [-0.39, 0.29) is 23.9 Å². The average Bonchev–Trinajstić information content (AvgIpc) is 2.39. The zero-order valence-electron chi connectivity index (χ0n) is 10.5. The van der Waals surface area contributed by atoms with Crippen LogP contribution in [0.4, 0.5) is 4.39 Å². The second-order valence-corrected chi connectivity index (χ2v) is 4.51. The van der Waals surface area contributed by atoms with Gasteiger partial charge in [0.25, 0.3) is 5.91 Å². The third-order valence-electron chi connectivity index (χ3n) is 3.14. The van der Waals surface area contributed by atoms with Crippen molar-refractivity contribution in [3.63, 3.8) is 0 Å². The molecule has 1 aromatic carbocycles. The third-order valence-corrected chi connectivity index (χ3v) is 3.14. The third kappa shape index (κ3) is 3.29. The maximum atomic E-state index is 13.5. The monoisotopic (exact) mass is 265 g/mol. The highest BCUT2D eigenvalue weighted by Crippen LogP contribution is 2.12. The van der Waals surface area contributed by atoms with Crippen LogP contribution in [0.15, 0.2) is 24.3 Å². The van der Waals surface area contributed by atoms with Crippen LogP contribution in [0.1, 0.15) is 10.4 Å². The van der Waals surface area contributed by atoms with E-state index < -0.39 is 5.82 Å². The number of nitrogens with zero attached hydrogens (tertiary/aromatic N) is 2. The molecule has 0 unspecified atom stereocenters. The fourth-order valence-corrected chi connectivity index (χ4v) is 2.13. The minimum Gasteiger partial charge on any atom is -0.369 e. The predicted molar refractivity (Wildman–Crippen MR) is 67.9 cm³/mol. The second-order valence-electron chi connectivity index (χ2n) is 4.51. The number of halogens is 1. The molecule has 6 heteroatoms. The van der Waals surface area contributed by atoms with Gasteiger partial charge < -0.3 is 10.6 Å². The average molecular weight is 265 g/mol. The molecular formula is C13H16FN3O2. The Labute approximate surface area is 110 Å². The van der Waals surface area contributed by atoms with E-state index in [4.69, 9.17) is 5.73 Å². The molecule has 0 bridgehead atoms. The summed E-state index contributed by atoms with van der Waals surface area (Å²) >= 11 is 0. The Kier molecular flexibility index (Phi) is 4.11. The van der Waals surface area contributed by atoms with Crippen LogP contribution in [0.3, 0.4) is 0 Å². The van der Waals surface area contributed by atoms with Crippen molar-refractivity contribution >= 4 is 11.8 Å². The predicted octanol–water partition coefficient (Wildman–Crippen LogP) is 0.0688. The van der Waals surface area contributed by atoms with Crippen molar-refractivity contribution in [1.29, 1.82) is 0 Å². The first-order chi connectivity index (χ1) is 9.08. The molecule has 19 heavy (non-hydrogen) atoms. The summed E-state index contributed by atoms with van der Waals surface area (Å²) in [6.45, 7) is 2.29. The first kappa shape index (κ1) is 13.5. The smallest absolute Gasteiger partial charge is 0.256 e. The molecule has 2 amide bonds. The molecule has 1 aromatic rings. The van der Waals surface area contributed by atoms with Gasteiger partial charge in [0.1, 0.15) is 5.82 Å². The maximum absolute atomic E-state index is 13.5. The summed E-state index contributed by atoms with van der Waals surface area (Å²) in [5, 5.41) is 0. The zero-order chi connectivity index (χ0) is 13.8. The molecule has 1 saturated heterocycles. The SMILES string of the molecule is NC(=O)CN1CCN(C(=O)c2ccccc2F)CC1. The van der Waals surface area contributed by atoms with Gasteiger partial charge >= 0.3 is 0 Å². The van der Waals surface area contributed by atoms with E-state index in [0.717, 1.165) is 0 Å². The Morgan fingerprint density at radius 1 is 1.16 bits per heavy atom. The van der Waals surface area contributed by atoms with E-state index in [0.29, 0.717) is 26.2 Å². The lowest BCUT2D eigenvalue weighted by atomic mass is 10.1. The fourth-order valence-electron chi connectivity index (χ4n) is 2.13. The highest BCUT2D eigenvalue weighted by molar-refractivity contribution is 5.94. The molecule has 0 spiro atoms. The molecule has 0 atom stereocenters. The normalized spacial score (nSPS) is 16.4. The van der Waals surface area contributed by atoms with Crippen LogP contribution in [-0.2, 0) is 4.79 Å². The summed E-state index contributed by atoms with van der Waals surface area (Å²) in [4.78, 5) is 26.4. The van der Waals surface area contributed by atoms with Crippen molar-refractivity contribution in [3.05, 3.63) is 35.6 Å². The van der Waals surface area contributed by atoms with Gasteiger partial charge in [-0.15, -0.1) is 0 Å². The molecule has 102 valence electrons. The number of amides is 2. The summed E-state index contributed by atoms with van der Waals surface area (Å²) in [5.74, 6) is -1.20. The summed E-state index contributed by atoms with van der Waals surface area (Å²) < 4.78 is 13.5. The Hall–Kier alpha value is -1.95. The van der Waals surface area contributed by atoms with Crippen LogP contribution in [0.5, 0.6) is 0 Å². The second kappa shape index (κ2) is 5.79. The van der Waals surface area contributed by atoms with E-state index in [9.17, 15) is 14.0 Å². The standard InChI is InChI=1S/C13H16FN3O2/c14-11-4-2-1-3-10(11)13(19)17-7-5-16(6-8-17)9-12(15)18/h1-4H,5-9H2,(H2,15,18). The molecule has 1 aliphatic heterocycles. The molecule has 1 fully saturated rings. The van der Waals surface area contributed by atoms with E-state index in [1.165, 1.54) is 12.1 Å². The van der Waals surface area contributed by atoms with Crippen LogP contribution >= 0.6 is 0 Å². The zero-order valence-corrected chi connectivity index (χ0v) is 10.5. The maximum Gasteiger partial charge on any atom is 0.256 e. The number of benzene rings is 1. The van der Waals surface area contributed by atoms with Crippen LogP contribution in [0.25, 0.3) is 0 Å². The molecule has 1 aliphatic rings. The Balaban J connectivity index is 1.96. The number of hydrogen-bond acceptors (Lipinski definition) is 3. The number of carbonyl (C=O) groups is 2. The van der Waals surface area contributed by atoms with Crippen molar-refractivity contribution < 1.29 is 14.0 Å². The van der Waals surface area contributed by atoms with E-state index in [2.05, 4.69) is 0 Å². The molecular weight excluding hydrogens is 249 g/mol. The molecule has 0 saturated carbocycles. The van der Waals surface area contributed by atoms with Gasteiger partial charge in [-0.2, -0.15) is 0 Å². The lowest BCUT2D eigenvalue weighted by molar-refractivity contribution is -0.119. The molecule has 5 nitrogen and oxygen atoms in total. The summed E-state index contributed by atoms with van der Waals surface area (Å²) in [7, 11) is 0. The van der Waals surface area contributed by atoms with E-state index in [1.807, 2.05) is 4.90 Å². The minimum atomic E-state index is -0.507. The summed E-state index contributed by atoms with van der Waals surface area (Å²) in [5.41, 5.74) is 5.21. The molecule has 2 N–H and O–H groups in total. The Morgan fingerprint density at radius 3 is 2.37 bits per heavy atom. The first-order valence-corrected chi connectivity index (χ1v) is 6.12. The number of nitrogens with two attached hydrogens (primary N) is 1. The quantitative estimate of drug-likeness (QED) is 0.841. The van der Waals surface area contributed by atoms with E-state index in [1.54, 1.807) is 17.0 Å². The molecule has 0 radical (unpaired) electrons. The number of rotatable bonds is 3. The van der Waals surface area contributed by atoms with Crippen molar-refractivity contribution in [2.45, 2.75) is 0 Å². The van der Waals surface area contributed by atoms with E-state index >= 15 is 0 Å². The van der Waals surface area contributed by atoms with Gasteiger partial charge in [0, 0.05) is 26.2 Å². The van der Waals surface area contributed by atoms with Crippen molar-refractivity contribution in [1.82, 2.24) is 9.80 Å². The molecule has 0 aromatic heterocycles. The Bertz CT molecular complexity index is 485. The van der Waals surface area contributed by atoms with Crippen LogP contribution in [0.2, 0.25) is 0 Å². The largest absolute Gasteiger partial charge is 0.369 e. The number of primary amides is 1. The molecule has 1 heterocycles. The topological polar surface area (TPSA) is 66.6 Å². The van der Waals surface area contributed by atoms with Crippen molar-refractivity contribution in [2.75, 3.05) is 32.7 Å². The van der Waals surface area contributed by atoms with Crippen LogP contribution < -0.4 is 5.73 Å². The van der Waals surface area contributed by atoms with Crippen molar-refractivity contribution in [2.24, 2.45) is 5.73 Å². The fraction of sp³-hybridized carbons (Fsp3) is 0.385. The molecule has 2 rings (SSSR count). The van der Waals surface area contributed by atoms with Gasteiger partial charge in [-0.25, -0.2) is 4.39 Å². The van der Waals surface area contributed by atoms with Crippen molar-refractivity contribution in [3.8, 4) is 0 Å². The Morgan fingerprint density at radius 2 is 1.79 bits per heavy atom. The van der Waals surface area contributed by atoms with Crippen LogP contribution in [0, 0.1) is 5.82 Å². The lowest BCUT2D eigenvalue weighted by Gasteiger charge is -2.34. The number of piperazine rings is 1. The lowest BCUT2D eigenvalue weighted by Crippen LogP contribution is -2.50. The van der Waals surface area contributed by atoms with Gasteiger partial charge in [-0.3, -0.25) is 14.5 Å². The van der Waals surface area contributed by atoms with Gasteiger partial charge in [-0.05, 0) is 12.1 Å². The van der Waals surface area contributed by atoms with Crippen LogP contribution in [-0.4, -0.2) is 54.3 Å².